The van der Waals surface area contributed by atoms with Crippen LogP contribution < -0.4 is 20.1 Å². The van der Waals surface area contributed by atoms with Crippen molar-refractivity contribution in [3.63, 3.8) is 0 Å². The predicted molar refractivity (Wildman–Crippen MR) is 83.3 cm³/mol. The van der Waals surface area contributed by atoms with E-state index in [0.29, 0.717) is 19.7 Å². The molecule has 0 aliphatic carbocycles. The Morgan fingerprint density at radius 3 is 3.05 bits per heavy atom. The molecule has 0 radical (unpaired) electrons. The molecular formula is C16H23N3O3. The highest BCUT2D eigenvalue weighted by Gasteiger charge is 2.21. The molecule has 22 heavy (non-hydrogen) atoms. The summed E-state index contributed by atoms with van der Waals surface area (Å²) in [5, 5.41) is 6.28. The van der Waals surface area contributed by atoms with Gasteiger partial charge in [-0.1, -0.05) is 12.1 Å². The van der Waals surface area contributed by atoms with Crippen molar-refractivity contribution in [2.75, 3.05) is 45.9 Å². The van der Waals surface area contributed by atoms with Crippen LogP contribution in [0.15, 0.2) is 24.3 Å². The van der Waals surface area contributed by atoms with E-state index >= 15 is 0 Å². The van der Waals surface area contributed by atoms with Gasteiger partial charge in [0.05, 0.1) is 13.1 Å². The number of carbonyl (C=O) groups excluding carboxylic acids is 1. The topological polar surface area (TPSA) is 62.8 Å². The van der Waals surface area contributed by atoms with Crippen LogP contribution in [-0.4, -0.2) is 62.8 Å². The van der Waals surface area contributed by atoms with Crippen LogP contribution >= 0.6 is 0 Å². The molecule has 2 aliphatic heterocycles. The molecule has 1 saturated heterocycles. The maximum atomic E-state index is 12.0. The molecular weight excluding hydrogens is 282 g/mol. The molecule has 1 amide bonds. The number of ether oxygens (including phenoxy) is 2. The van der Waals surface area contributed by atoms with Crippen molar-refractivity contribution in [3.05, 3.63) is 24.3 Å². The zero-order valence-corrected chi connectivity index (χ0v) is 12.7. The third kappa shape index (κ3) is 4.11. The zero-order valence-electron chi connectivity index (χ0n) is 12.7. The largest absolute Gasteiger partial charge is 0.486 e. The molecule has 1 fully saturated rings. The zero-order chi connectivity index (χ0) is 15.2. The summed E-state index contributed by atoms with van der Waals surface area (Å²) in [5.41, 5.74) is 0. The van der Waals surface area contributed by atoms with Crippen molar-refractivity contribution < 1.29 is 14.3 Å². The molecule has 0 aromatic heterocycles. The lowest BCUT2D eigenvalue weighted by Crippen LogP contribution is -2.44. The SMILES string of the molecule is O=C(CN1CCCNCC1)NCC1COc2ccccc2O1. The average molecular weight is 305 g/mol. The Morgan fingerprint density at radius 1 is 1.27 bits per heavy atom. The van der Waals surface area contributed by atoms with Gasteiger partial charge in [0.2, 0.25) is 5.91 Å². The molecule has 0 bridgehead atoms. The van der Waals surface area contributed by atoms with Gasteiger partial charge in [-0.25, -0.2) is 0 Å². The van der Waals surface area contributed by atoms with Crippen LogP contribution in [0.2, 0.25) is 0 Å². The second-order valence-electron chi connectivity index (χ2n) is 5.68. The van der Waals surface area contributed by atoms with E-state index in [9.17, 15) is 4.79 Å². The molecule has 0 spiro atoms. The van der Waals surface area contributed by atoms with E-state index in [0.717, 1.165) is 44.1 Å². The smallest absolute Gasteiger partial charge is 0.234 e. The summed E-state index contributed by atoms with van der Waals surface area (Å²) in [4.78, 5) is 14.2. The number of rotatable bonds is 4. The number of hydrogen-bond acceptors (Lipinski definition) is 5. The molecule has 3 rings (SSSR count). The number of carbonyl (C=O) groups is 1. The van der Waals surface area contributed by atoms with Gasteiger partial charge >= 0.3 is 0 Å². The van der Waals surface area contributed by atoms with Crippen LogP contribution in [0.25, 0.3) is 0 Å². The Balaban J connectivity index is 1.42. The Morgan fingerprint density at radius 2 is 2.14 bits per heavy atom. The van der Waals surface area contributed by atoms with Gasteiger partial charge in [-0.05, 0) is 31.6 Å². The molecule has 120 valence electrons. The lowest BCUT2D eigenvalue weighted by Gasteiger charge is -2.27. The molecule has 2 N–H and O–H groups in total. The Labute approximate surface area is 130 Å². The van der Waals surface area contributed by atoms with Gasteiger partial charge in [-0.15, -0.1) is 0 Å². The second-order valence-corrected chi connectivity index (χ2v) is 5.68. The molecule has 1 atom stereocenters. The van der Waals surface area contributed by atoms with Crippen molar-refractivity contribution >= 4 is 5.91 Å². The minimum atomic E-state index is -0.135. The third-order valence-electron chi connectivity index (χ3n) is 3.89. The van der Waals surface area contributed by atoms with Crippen LogP contribution in [0.3, 0.4) is 0 Å². The van der Waals surface area contributed by atoms with Crippen molar-refractivity contribution in [3.8, 4) is 11.5 Å². The van der Waals surface area contributed by atoms with Crippen LogP contribution in [0, 0.1) is 0 Å². The number of nitrogens with zero attached hydrogens (tertiary/aromatic N) is 1. The molecule has 1 aromatic rings. The van der Waals surface area contributed by atoms with Gasteiger partial charge in [0, 0.05) is 13.1 Å². The average Bonchev–Trinajstić information content (AvgIpc) is 2.81. The van der Waals surface area contributed by atoms with Crippen LogP contribution in [-0.2, 0) is 4.79 Å². The van der Waals surface area contributed by atoms with E-state index in [1.807, 2.05) is 24.3 Å². The number of benzene rings is 1. The van der Waals surface area contributed by atoms with E-state index in [1.165, 1.54) is 0 Å². The first-order valence-corrected chi connectivity index (χ1v) is 7.89. The summed E-state index contributed by atoms with van der Waals surface area (Å²) in [6.07, 6.45) is 0.952. The molecule has 2 heterocycles. The van der Waals surface area contributed by atoms with E-state index in [-0.39, 0.29) is 12.0 Å². The van der Waals surface area contributed by atoms with Crippen molar-refractivity contribution in [2.45, 2.75) is 12.5 Å². The predicted octanol–water partition coefficient (Wildman–Crippen LogP) is 0.238. The number of amides is 1. The number of hydrogen-bond donors (Lipinski definition) is 2. The monoisotopic (exact) mass is 305 g/mol. The van der Waals surface area contributed by atoms with Gasteiger partial charge < -0.3 is 20.1 Å². The molecule has 6 heteroatoms. The highest BCUT2D eigenvalue weighted by atomic mass is 16.6. The first kappa shape index (κ1) is 15.1. The highest BCUT2D eigenvalue weighted by molar-refractivity contribution is 5.78. The fourth-order valence-corrected chi connectivity index (χ4v) is 2.71. The van der Waals surface area contributed by atoms with Crippen molar-refractivity contribution in [2.24, 2.45) is 0 Å². The second kappa shape index (κ2) is 7.47. The van der Waals surface area contributed by atoms with E-state index in [1.54, 1.807) is 0 Å². The minimum absolute atomic E-state index is 0.0457. The summed E-state index contributed by atoms with van der Waals surface area (Å²) < 4.78 is 11.5. The number of para-hydroxylation sites is 2. The summed E-state index contributed by atoms with van der Waals surface area (Å²) >= 11 is 0. The lowest BCUT2D eigenvalue weighted by molar-refractivity contribution is -0.122. The summed E-state index contributed by atoms with van der Waals surface area (Å²) in [6.45, 7) is 5.26. The Bertz CT molecular complexity index is 501. The Hall–Kier alpha value is -1.79. The van der Waals surface area contributed by atoms with Crippen LogP contribution in [0.5, 0.6) is 11.5 Å². The van der Waals surface area contributed by atoms with Crippen molar-refractivity contribution in [1.29, 1.82) is 0 Å². The van der Waals surface area contributed by atoms with Gasteiger partial charge in [0.25, 0.3) is 0 Å². The first-order valence-electron chi connectivity index (χ1n) is 7.89. The van der Waals surface area contributed by atoms with Gasteiger partial charge in [-0.2, -0.15) is 0 Å². The van der Waals surface area contributed by atoms with Gasteiger partial charge in [-0.3, -0.25) is 9.69 Å². The summed E-state index contributed by atoms with van der Waals surface area (Å²) in [5.74, 6) is 1.55. The normalized spacial score (nSPS) is 21.9. The molecule has 1 aromatic carbocycles. The number of fused-ring (bicyclic) bond motifs is 1. The summed E-state index contributed by atoms with van der Waals surface area (Å²) in [6, 6.07) is 7.60. The fourth-order valence-electron chi connectivity index (χ4n) is 2.71. The molecule has 6 nitrogen and oxygen atoms in total. The maximum Gasteiger partial charge on any atom is 0.234 e. The van der Waals surface area contributed by atoms with Gasteiger partial charge in [0.15, 0.2) is 11.5 Å². The molecule has 0 saturated carbocycles. The van der Waals surface area contributed by atoms with Crippen LogP contribution in [0.1, 0.15) is 6.42 Å². The standard InChI is InChI=1S/C16H23N3O3/c20-16(11-19-8-3-6-17-7-9-19)18-10-13-12-21-14-4-1-2-5-15(14)22-13/h1-2,4-5,13,17H,3,6-12H2,(H,18,20). The Kier molecular flexibility index (Phi) is 5.13. The minimum Gasteiger partial charge on any atom is -0.486 e. The summed E-state index contributed by atoms with van der Waals surface area (Å²) in [7, 11) is 0. The molecule has 2 aliphatic rings. The lowest BCUT2D eigenvalue weighted by atomic mass is 10.2. The van der Waals surface area contributed by atoms with E-state index < -0.39 is 0 Å². The van der Waals surface area contributed by atoms with Crippen molar-refractivity contribution in [1.82, 2.24) is 15.5 Å². The van der Waals surface area contributed by atoms with E-state index in [4.69, 9.17) is 9.47 Å². The maximum absolute atomic E-state index is 12.0. The third-order valence-corrected chi connectivity index (χ3v) is 3.89. The quantitative estimate of drug-likeness (QED) is 0.834. The van der Waals surface area contributed by atoms with Crippen LogP contribution in [0.4, 0.5) is 0 Å². The van der Waals surface area contributed by atoms with Gasteiger partial charge in [0.1, 0.15) is 12.7 Å². The first-order chi connectivity index (χ1) is 10.8. The number of nitrogens with one attached hydrogen (secondary N) is 2. The highest BCUT2D eigenvalue weighted by Crippen LogP contribution is 2.30. The fraction of sp³-hybridized carbons (Fsp3) is 0.562. The van der Waals surface area contributed by atoms with E-state index in [2.05, 4.69) is 15.5 Å². The molecule has 1 unspecified atom stereocenters.